The van der Waals surface area contributed by atoms with Crippen LogP contribution >= 0.6 is 22.6 Å². The lowest BCUT2D eigenvalue weighted by atomic mass is 10.2. The number of halogens is 1. The number of non-ortho nitro benzene ring substituents is 1. The zero-order valence-corrected chi connectivity index (χ0v) is 10.7. The van der Waals surface area contributed by atoms with Crippen LogP contribution in [0, 0.1) is 13.8 Å². The van der Waals surface area contributed by atoms with Crippen molar-refractivity contribution in [1.29, 1.82) is 0 Å². The number of benzene rings is 1. The normalized spacial score (nSPS) is 10.5. The van der Waals surface area contributed by atoms with Crippen molar-refractivity contribution in [2.45, 2.75) is 6.92 Å². The Balaban J connectivity index is 2.72. The molecule has 0 bridgehead atoms. The zero-order chi connectivity index (χ0) is 12.6. The fourth-order valence-corrected chi connectivity index (χ4v) is 2.17. The number of carbonyl (C=O) groups excluding carboxylic acids is 1. The minimum Gasteiger partial charge on any atom is -0.319 e. The van der Waals surface area contributed by atoms with Crippen LogP contribution in [0.3, 0.4) is 0 Å². The molecule has 2 rings (SSSR count). The lowest BCUT2D eigenvalue weighted by Crippen LogP contribution is -2.17. The summed E-state index contributed by atoms with van der Waals surface area (Å²) in [5.41, 5.74) is 0.323. The number of nitro groups is 1. The van der Waals surface area contributed by atoms with E-state index in [0.717, 1.165) is 4.85 Å². The second kappa shape index (κ2) is 4.28. The van der Waals surface area contributed by atoms with E-state index in [1.807, 2.05) is 22.6 Å². The van der Waals surface area contributed by atoms with Gasteiger partial charge >= 0.3 is 5.97 Å². The summed E-state index contributed by atoms with van der Waals surface area (Å²) in [6.45, 7) is 1.23. The molecular formula is C9H6IN3O4. The topological polar surface area (TPSA) is 87.3 Å². The van der Waals surface area contributed by atoms with E-state index in [1.54, 1.807) is 6.07 Å². The van der Waals surface area contributed by atoms with Gasteiger partial charge in [-0.05, 0) is 28.7 Å². The van der Waals surface area contributed by atoms with Crippen molar-refractivity contribution in [2.24, 2.45) is 0 Å². The van der Waals surface area contributed by atoms with Crippen molar-refractivity contribution in [3.8, 4) is 0 Å². The summed E-state index contributed by atoms with van der Waals surface area (Å²) < 4.78 is 0.408. The van der Waals surface area contributed by atoms with Gasteiger partial charge in [0.2, 0.25) is 0 Å². The summed E-state index contributed by atoms with van der Waals surface area (Å²) in [5.74, 6) is -0.544. The van der Waals surface area contributed by atoms with Crippen LogP contribution in [0.5, 0.6) is 0 Å². The molecule has 0 spiro atoms. The number of nitro benzene ring substituents is 1. The minimum absolute atomic E-state index is 0.0645. The van der Waals surface area contributed by atoms with Gasteiger partial charge in [0.25, 0.3) is 5.69 Å². The molecule has 0 aliphatic heterocycles. The first-order valence-electron chi connectivity index (χ1n) is 4.51. The molecule has 0 fully saturated rings. The predicted octanol–water partition coefficient (Wildman–Crippen LogP) is 1.52. The van der Waals surface area contributed by atoms with E-state index in [0.29, 0.717) is 14.6 Å². The maximum atomic E-state index is 10.9. The summed E-state index contributed by atoms with van der Waals surface area (Å²) in [6.07, 6.45) is 0. The van der Waals surface area contributed by atoms with Crippen molar-refractivity contribution in [3.63, 3.8) is 0 Å². The van der Waals surface area contributed by atoms with Gasteiger partial charge in [0.05, 0.1) is 4.92 Å². The maximum Gasteiger partial charge on any atom is 0.331 e. The average molecular weight is 347 g/mol. The van der Waals surface area contributed by atoms with E-state index in [1.165, 1.54) is 19.1 Å². The first-order valence-corrected chi connectivity index (χ1v) is 5.59. The van der Waals surface area contributed by atoms with Gasteiger partial charge < -0.3 is 4.84 Å². The third-order valence-electron chi connectivity index (χ3n) is 2.02. The predicted molar refractivity (Wildman–Crippen MR) is 66.4 cm³/mol. The second-order valence-corrected chi connectivity index (χ2v) is 4.20. The molecule has 0 amide bonds. The number of fused-ring (bicyclic) bond motifs is 1. The summed E-state index contributed by atoms with van der Waals surface area (Å²) in [4.78, 5) is 27.0. The molecule has 17 heavy (non-hydrogen) atoms. The Morgan fingerprint density at radius 1 is 1.59 bits per heavy atom. The van der Waals surface area contributed by atoms with Crippen LogP contribution in [0.25, 0.3) is 10.9 Å². The molecule has 0 unspecified atom stereocenters. The lowest BCUT2D eigenvalue weighted by Gasteiger charge is -2.00. The molecule has 1 aromatic heterocycles. The van der Waals surface area contributed by atoms with Gasteiger partial charge in [-0.15, -0.1) is 5.10 Å². The molecule has 0 radical (unpaired) electrons. The van der Waals surface area contributed by atoms with Crippen LogP contribution in [0.2, 0.25) is 0 Å². The van der Waals surface area contributed by atoms with E-state index in [-0.39, 0.29) is 5.69 Å². The number of nitrogens with zero attached hydrogens (tertiary/aromatic N) is 3. The second-order valence-electron chi connectivity index (χ2n) is 3.17. The van der Waals surface area contributed by atoms with Crippen LogP contribution in [-0.4, -0.2) is 20.8 Å². The Labute approximate surface area is 109 Å². The highest BCUT2D eigenvalue weighted by molar-refractivity contribution is 14.1. The first-order chi connectivity index (χ1) is 8.00. The fourth-order valence-electron chi connectivity index (χ4n) is 1.43. The third-order valence-corrected chi connectivity index (χ3v) is 2.78. The standard InChI is InChI=1S/C9H6IN3O4/c1-5(14)17-12-6-3-2-4-7(13(15)16)8(6)9(10)11-12/h2-4H,1H3. The number of rotatable bonds is 2. The number of hydrogen-bond donors (Lipinski definition) is 0. The summed E-state index contributed by atoms with van der Waals surface area (Å²) in [7, 11) is 0. The number of hydrogen-bond acceptors (Lipinski definition) is 5. The van der Waals surface area contributed by atoms with Gasteiger partial charge in [-0.25, -0.2) is 4.79 Å². The Bertz CT molecular complexity index is 622. The molecule has 8 heteroatoms. The molecule has 0 atom stereocenters. The molecule has 0 aliphatic carbocycles. The first kappa shape index (κ1) is 11.8. The van der Waals surface area contributed by atoms with Crippen LogP contribution in [0.4, 0.5) is 5.69 Å². The van der Waals surface area contributed by atoms with Gasteiger partial charge in [-0.3, -0.25) is 10.1 Å². The zero-order valence-electron chi connectivity index (χ0n) is 8.58. The Kier molecular flexibility index (Phi) is 2.96. The monoisotopic (exact) mass is 347 g/mol. The summed E-state index contributed by atoms with van der Waals surface area (Å²) in [5, 5.41) is 15.1. The minimum atomic E-state index is -0.544. The van der Waals surface area contributed by atoms with Crippen LogP contribution in [0.1, 0.15) is 6.92 Å². The molecule has 0 saturated heterocycles. The molecule has 7 nitrogen and oxygen atoms in total. The van der Waals surface area contributed by atoms with Crippen molar-refractivity contribution < 1.29 is 14.6 Å². The molecule has 1 aromatic carbocycles. The van der Waals surface area contributed by atoms with E-state index >= 15 is 0 Å². The van der Waals surface area contributed by atoms with Gasteiger partial charge in [0.1, 0.15) is 14.6 Å². The van der Waals surface area contributed by atoms with Gasteiger partial charge in [0, 0.05) is 13.0 Å². The smallest absolute Gasteiger partial charge is 0.319 e. The third kappa shape index (κ3) is 2.07. The van der Waals surface area contributed by atoms with Crippen LogP contribution in [0.15, 0.2) is 18.2 Å². The lowest BCUT2D eigenvalue weighted by molar-refractivity contribution is -0.383. The largest absolute Gasteiger partial charge is 0.331 e. The number of carbonyl (C=O) groups is 1. The molecule has 88 valence electrons. The van der Waals surface area contributed by atoms with Crippen molar-refractivity contribution in [2.75, 3.05) is 0 Å². The fraction of sp³-hybridized carbons (Fsp3) is 0.111. The molecule has 1 heterocycles. The van der Waals surface area contributed by atoms with E-state index < -0.39 is 10.9 Å². The van der Waals surface area contributed by atoms with Gasteiger partial charge in [-0.1, -0.05) is 10.9 Å². The molecule has 0 saturated carbocycles. The highest BCUT2D eigenvalue weighted by Crippen LogP contribution is 2.28. The quantitative estimate of drug-likeness (QED) is 0.467. The Morgan fingerprint density at radius 3 is 2.88 bits per heavy atom. The molecule has 2 aromatic rings. The highest BCUT2D eigenvalue weighted by atomic mass is 127. The summed E-state index contributed by atoms with van der Waals surface area (Å²) in [6, 6.07) is 4.49. The highest BCUT2D eigenvalue weighted by Gasteiger charge is 2.20. The van der Waals surface area contributed by atoms with Crippen LogP contribution < -0.4 is 4.84 Å². The SMILES string of the molecule is CC(=O)On1nc(I)c2c([N+](=O)[O-])cccc21. The Morgan fingerprint density at radius 2 is 2.29 bits per heavy atom. The molecule has 0 N–H and O–H groups in total. The van der Waals surface area contributed by atoms with Gasteiger partial charge in [-0.2, -0.15) is 0 Å². The van der Waals surface area contributed by atoms with Crippen LogP contribution in [-0.2, 0) is 4.79 Å². The molecule has 0 aliphatic rings. The van der Waals surface area contributed by atoms with Crippen molar-refractivity contribution in [1.82, 2.24) is 9.94 Å². The van der Waals surface area contributed by atoms with Gasteiger partial charge in [0.15, 0.2) is 0 Å². The van der Waals surface area contributed by atoms with E-state index in [2.05, 4.69) is 5.10 Å². The van der Waals surface area contributed by atoms with Crippen molar-refractivity contribution in [3.05, 3.63) is 32.0 Å². The number of aromatic nitrogens is 2. The Hall–Kier alpha value is -1.71. The summed E-state index contributed by atoms with van der Waals surface area (Å²) >= 11 is 1.86. The average Bonchev–Trinajstić information content (AvgIpc) is 2.55. The maximum absolute atomic E-state index is 10.9. The molecular weight excluding hydrogens is 341 g/mol. The van der Waals surface area contributed by atoms with Crippen molar-refractivity contribution >= 4 is 45.2 Å². The van der Waals surface area contributed by atoms with E-state index in [4.69, 9.17) is 4.84 Å². The van der Waals surface area contributed by atoms with E-state index in [9.17, 15) is 14.9 Å².